The van der Waals surface area contributed by atoms with E-state index in [2.05, 4.69) is 9.97 Å². The van der Waals surface area contributed by atoms with Gasteiger partial charge in [-0.05, 0) is 18.2 Å². The molecule has 3 aromatic rings. The van der Waals surface area contributed by atoms with Gasteiger partial charge in [0.15, 0.2) is 23.3 Å². The molecule has 0 fully saturated rings. The van der Waals surface area contributed by atoms with Gasteiger partial charge in [0.25, 0.3) is 0 Å². The van der Waals surface area contributed by atoms with Gasteiger partial charge in [-0.15, -0.1) is 0 Å². The summed E-state index contributed by atoms with van der Waals surface area (Å²) in [4.78, 5) is 7.87. The Bertz CT molecular complexity index is 682. The second-order valence-corrected chi connectivity index (χ2v) is 3.82. The topological polar surface area (TPSA) is 59.2 Å². The van der Waals surface area contributed by atoms with E-state index >= 15 is 0 Å². The number of aromatic nitrogens is 2. The van der Waals surface area contributed by atoms with Crippen molar-refractivity contribution in [2.24, 2.45) is 0 Å². The number of halogens is 1. The van der Waals surface area contributed by atoms with Crippen LogP contribution in [0.25, 0.3) is 11.0 Å². The Kier molecular flexibility index (Phi) is 2.53. The molecule has 1 aromatic carbocycles. The Balaban J connectivity index is 2.07. The maximum Gasteiger partial charge on any atom is 0.171 e. The lowest BCUT2D eigenvalue weighted by Crippen LogP contribution is -2.03. The number of benzene rings is 1. The van der Waals surface area contributed by atoms with Crippen molar-refractivity contribution >= 4 is 11.0 Å². The summed E-state index contributed by atoms with van der Waals surface area (Å²) in [5.74, 6) is -0.0156. The molecule has 5 heteroatoms. The molecule has 1 unspecified atom stereocenters. The number of aliphatic hydroxyl groups is 1. The SMILES string of the molecule is OC(c1ncccn1)c1cc2cccc(F)c2o1. The summed E-state index contributed by atoms with van der Waals surface area (Å²) in [7, 11) is 0. The van der Waals surface area contributed by atoms with Crippen molar-refractivity contribution in [3.8, 4) is 0 Å². The van der Waals surface area contributed by atoms with E-state index in [0.29, 0.717) is 5.39 Å². The normalized spacial score (nSPS) is 12.8. The fourth-order valence-corrected chi connectivity index (χ4v) is 1.76. The predicted octanol–water partition coefficient (Wildman–Crippen LogP) is 2.44. The molecule has 0 amide bonds. The molecule has 0 aliphatic rings. The zero-order chi connectivity index (χ0) is 12.5. The Morgan fingerprint density at radius 2 is 1.94 bits per heavy atom. The Labute approximate surface area is 102 Å². The maximum atomic E-state index is 13.5. The molecule has 18 heavy (non-hydrogen) atoms. The Morgan fingerprint density at radius 3 is 2.67 bits per heavy atom. The number of aliphatic hydroxyl groups excluding tert-OH is 1. The average Bonchev–Trinajstić information content (AvgIpc) is 2.84. The first-order valence-corrected chi connectivity index (χ1v) is 5.38. The molecule has 2 aromatic heterocycles. The number of hydrogen-bond donors (Lipinski definition) is 1. The largest absolute Gasteiger partial charge is 0.455 e. The van der Waals surface area contributed by atoms with Crippen molar-refractivity contribution < 1.29 is 13.9 Å². The molecule has 4 nitrogen and oxygen atoms in total. The van der Waals surface area contributed by atoms with Crippen molar-refractivity contribution in [3.05, 3.63) is 60.1 Å². The minimum Gasteiger partial charge on any atom is -0.455 e. The third-order valence-corrected chi connectivity index (χ3v) is 2.61. The maximum absolute atomic E-state index is 13.5. The molecular formula is C13H9FN2O2. The molecule has 0 radical (unpaired) electrons. The highest BCUT2D eigenvalue weighted by Gasteiger charge is 2.18. The van der Waals surface area contributed by atoms with E-state index in [1.54, 1.807) is 24.3 Å². The van der Waals surface area contributed by atoms with Gasteiger partial charge >= 0.3 is 0 Å². The summed E-state index contributed by atoms with van der Waals surface area (Å²) in [5, 5.41) is 10.6. The monoisotopic (exact) mass is 244 g/mol. The Hall–Kier alpha value is -2.27. The summed E-state index contributed by atoms with van der Waals surface area (Å²) < 4.78 is 18.8. The molecule has 90 valence electrons. The van der Waals surface area contributed by atoms with Crippen LogP contribution in [0.5, 0.6) is 0 Å². The van der Waals surface area contributed by atoms with Gasteiger partial charge in [0, 0.05) is 17.8 Å². The molecule has 0 saturated heterocycles. The van der Waals surface area contributed by atoms with Crippen LogP contribution in [0.2, 0.25) is 0 Å². The van der Waals surface area contributed by atoms with Gasteiger partial charge in [0.05, 0.1) is 0 Å². The number of rotatable bonds is 2. The van der Waals surface area contributed by atoms with Gasteiger partial charge < -0.3 is 9.52 Å². The molecule has 0 spiro atoms. The zero-order valence-corrected chi connectivity index (χ0v) is 9.25. The third-order valence-electron chi connectivity index (χ3n) is 2.61. The lowest BCUT2D eigenvalue weighted by molar-refractivity contribution is 0.182. The van der Waals surface area contributed by atoms with Crippen molar-refractivity contribution in [1.29, 1.82) is 0 Å². The summed E-state index contributed by atoms with van der Waals surface area (Å²) >= 11 is 0. The minimum absolute atomic E-state index is 0.127. The van der Waals surface area contributed by atoms with E-state index in [1.165, 1.54) is 18.5 Å². The summed E-state index contributed by atoms with van der Waals surface area (Å²) in [6, 6.07) is 7.83. The van der Waals surface area contributed by atoms with E-state index in [-0.39, 0.29) is 17.2 Å². The zero-order valence-electron chi connectivity index (χ0n) is 9.25. The van der Waals surface area contributed by atoms with Crippen LogP contribution in [0.3, 0.4) is 0 Å². The smallest absolute Gasteiger partial charge is 0.171 e. The lowest BCUT2D eigenvalue weighted by Gasteiger charge is -2.04. The number of fused-ring (bicyclic) bond motifs is 1. The van der Waals surface area contributed by atoms with E-state index < -0.39 is 11.9 Å². The molecule has 0 aliphatic carbocycles. The van der Waals surface area contributed by atoms with Crippen LogP contribution < -0.4 is 0 Å². The van der Waals surface area contributed by atoms with E-state index in [4.69, 9.17) is 4.42 Å². The molecular weight excluding hydrogens is 235 g/mol. The summed E-state index contributed by atoms with van der Waals surface area (Å²) in [6.45, 7) is 0. The number of nitrogens with zero attached hydrogens (tertiary/aromatic N) is 2. The highest BCUT2D eigenvalue weighted by molar-refractivity contribution is 5.78. The van der Waals surface area contributed by atoms with E-state index in [9.17, 15) is 9.50 Å². The molecule has 0 aliphatic heterocycles. The quantitative estimate of drug-likeness (QED) is 0.752. The van der Waals surface area contributed by atoms with Crippen molar-refractivity contribution in [2.45, 2.75) is 6.10 Å². The highest BCUT2D eigenvalue weighted by Crippen LogP contribution is 2.27. The molecule has 1 N–H and O–H groups in total. The fraction of sp³-hybridized carbons (Fsp3) is 0.0769. The van der Waals surface area contributed by atoms with Gasteiger partial charge in [-0.1, -0.05) is 12.1 Å². The third kappa shape index (κ3) is 1.74. The fourth-order valence-electron chi connectivity index (χ4n) is 1.76. The number of para-hydroxylation sites is 1. The van der Waals surface area contributed by atoms with Crippen LogP contribution in [0.1, 0.15) is 17.7 Å². The van der Waals surface area contributed by atoms with Crippen LogP contribution >= 0.6 is 0 Å². The average molecular weight is 244 g/mol. The highest BCUT2D eigenvalue weighted by atomic mass is 19.1. The molecule has 0 saturated carbocycles. The van der Waals surface area contributed by atoms with Crippen LogP contribution in [0.4, 0.5) is 4.39 Å². The van der Waals surface area contributed by atoms with Gasteiger partial charge in [0.1, 0.15) is 5.76 Å². The van der Waals surface area contributed by atoms with Crippen molar-refractivity contribution in [3.63, 3.8) is 0 Å². The van der Waals surface area contributed by atoms with Crippen LogP contribution in [-0.2, 0) is 0 Å². The van der Waals surface area contributed by atoms with Crippen molar-refractivity contribution in [1.82, 2.24) is 9.97 Å². The van der Waals surface area contributed by atoms with Crippen LogP contribution in [0.15, 0.2) is 47.1 Å². The number of furan rings is 1. The first-order chi connectivity index (χ1) is 8.75. The van der Waals surface area contributed by atoms with Gasteiger partial charge in [0.2, 0.25) is 0 Å². The van der Waals surface area contributed by atoms with Gasteiger partial charge in [-0.25, -0.2) is 14.4 Å². The van der Waals surface area contributed by atoms with Crippen LogP contribution in [0, 0.1) is 5.82 Å². The second-order valence-electron chi connectivity index (χ2n) is 3.82. The lowest BCUT2D eigenvalue weighted by atomic mass is 10.2. The molecule has 0 bridgehead atoms. The van der Waals surface area contributed by atoms with Gasteiger partial charge in [-0.2, -0.15) is 0 Å². The first kappa shape index (κ1) is 10.9. The first-order valence-electron chi connectivity index (χ1n) is 5.38. The standard InChI is InChI=1S/C13H9FN2O2/c14-9-4-1-3-8-7-10(18-12(8)9)11(17)13-15-5-2-6-16-13/h1-7,11,17H. The van der Waals surface area contributed by atoms with Crippen LogP contribution in [-0.4, -0.2) is 15.1 Å². The summed E-state index contributed by atoms with van der Waals surface area (Å²) in [5.41, 5.74) is 0.127. The minimum atomic E-state index is -1.10. The Morgan fingerprint density at radius 1 is 1.17 bits per heavy atom. The van der Waals surface area contributed by atoms with Crippen molar-refractivity contribution in [2.75, 3.05) is 0 Å². The van der Waals surface area contributed by atoms with E-state index in [1.807, 2.05) is 0 Å². The van der Waals surface area contributed by atoms with Gasteiger partial charge in [-0.3, -0.25) is 0 Å². The predicted molar refractivity (Wildman–Crippen MR) is 62.3 cm³/mol. The van der Waals surface area contributed by atoms with E-state index in [0.717, 1.165) is 0 Å². The molecule has 1 atom stereocenters. The molecule has 2 heterocycles. The number of hydrogen-bond acceptors (Lipinski definition) is 4. The second kappa shape index (κ2) is 4.19. The summed E-state index contributed by atoms with van der Waals surface area (Å²) in [6.07, 6.45) is 1.95. The molecule has 3 rings (SSSR count).